The van der Waals surface area contributed by atoms with Gasteiger partial charge < -0.3 is 9.84 Å². The molecule has 0 aromatic heterocycles. The van der Waals surface area contributed by atoms with Crippen LogP contribution < -0.4 is 0 Å². The third kappa shape index (κ3) is 5.76. The maximum absolute atomic E-state index is 10.7. The van der Waals surface area contributed by atoms with E-state index in [9.17, 15) is 4.79 Å². The molecule has 0 aliphatic rings. The normalized spacial score (nSPS) is 12.5. The Labute approximate surface area is 66.7 Å². The molecule has 1 atom stereocenters. The third-order valence-corrected chi connectivity index (χ3v) is 1.18. The summed E-state index contributed by atoms with van der Waals surface area (Å²) in [7, 11) is 0. The van der Waals surface area contributed by atoms with Crippen LogP contribution in [0.15, 0.2) is 12.7 Å². The van der Waals surface area contributed by atoms with E-state index in [1.165, 1.54) is 6.08 Å². The highest BCUT2D eigenvalue weighted by Crippen LogP contribution is 1.94. The number of hydrogen-bond acceptors (Lipinski definition) is 3. The summed E-state index contributed by atoms with van der Waals surface area (Å²) in [5.41, 5.74) is 0. The van der Waals surface area contributed by atoms with Crippen molar-refractivity contribution in [3.8, 4) is 0 Å². The molecule has 3 nitrogen and oxygen atoms in total. The molecule has 0 saturated heterocycles. The smallest absolute Gasteiger partial charge is 0.157 e. The average molecular weight is 158 g/mol. The predicted octanol–water partition coefficient (Wildman–Crippen LogP) is 0.529. The number of ketones is 1. The molecular weight excluding hydrogens is 144 g/mol. The van der Waals surface area contributed by atoms with Gasteiger partial charge in [0.1, 0.15) is 0 Å². The van der Waals surface area contributed by atoms with Gasteiger partial charge in [0.15, 0.2) is 5.78 Å². The second-order valence-electron chi connectivity index (χ2n) is 2.19. The zero-order valence-corrected chi connectivity index (χ0v) is 6.75. The van der Waals surface area contributed by atoms with Gasteiger partial charge in [-0.2, -0.15) is 0 Å². The van der Waals surface area contributed by atoms with Gasteiger partial charge in [0.05, 0.1) is 12.7 Å². The molecule has 0 fully saturated rings. The lowest BCUT2D eigenvalue weighted by Gasteiger charge is -2.07. The summed E-state index contributed by atoms with van der Waals surface area (Å²) in [6.07, 6.45) is 0.610. The molecule has 0 rings (SSSR count). The van der Waals surface area contributed by atoms with E-state index in [-0.39, 0.29) is 18.8 Å². The van der Waals surface area contributed by atoms with Crippen LogP contribution in [0.2, 0.25) is 0 Å². The van der Waals surface area contributed by atoms with Crippen molar-refractivity contribution in [3.63, 3.8) is 0 Å². The van der Waals surface area contributed by atoms with Crippen LogP contribution >= 0.6 is 0 Å². The summed E-state index contributed by atoms with van der Waals surface area (Å²) in [5.74, 6) is -0.155. The summed E-state index contributed by atoms with van der Waals surface area (Å²) >= 11 is 0. The first-order chi connectivity index (χ1) is 5.20. The molecule has 1 N–H and O–H groups in total. The molecule has 11 heavy (non-hydrogen) atoms. The zero-order chi connectivity index (χ0) is 8.69. The van der Waals surface area contributed by atoms with Crippen molar-refractivity contribution in [1.82, 2.24) is 0 Å². The summed E-state index contributed by atoms with van der Waals surface area (Å²) in [6.45, 7) is 5.90. The minimum absolute atomic E-state index is 0.101. The van der Waals surface area contributed by atoms with Gasteiger partial charge in [0.25, 0.3) is 0 Å². The first kappa shape index (κ1) is 10.3. The van der Waals surface area contributed by atoms with E-state index in [4.69, 9.17) is 9.84 Å². The van der Waals surface area contributed by atoms with Crippen molar-refractivity contribution in [2.45, 2.75) is 19.4 Å². The van der Waals surface area contributed by atoms with Gasteiger partial charge in [-0.25, -0.2) is 0 Å². The Morgan fingerprint density at radius 3 is 2.91 bits per heavy atom. The lowest BCUT2D eigenvalue weighted by atomic mass is 10.2. The number of ether oxygens (including phenoxy) is 1. The molecule has 0 saturated carbocycles. The second kappa shape index (κ2) is 6.07. The second-order valence-corrected chi connectivity index (χ2v) is 2.19. The van der Waals surface area contributed by atoms with Crippen molar-refractivity contribution in [1.29, 1.82) is 0 Å². The van der Waals surface area contributed by atoms with Crippen molar-refractivity contribution >= 4 is 5.78 Å². The van der Waals surface area contributed by atoms with E-state index in [1.807, 2.05) is 6.92 Å². The van der Waals surface area contributed by atoms with E-state index in [0.29, 0.717) is 6.61 Å². The van der Waals surface area contributed by atoms with E-state index < -0.39 is 6.10 Å². The molecule has 0 aromatic carbocycles. The fourth-order valence-electron chi connectivity index (χ4n) is 0.628. The fourth-order valence-corrected chi connectivity index (χ4v) is 0.628. The van der Waals surface area contributed by atoms with Crippen LogP contribution in [-0.4, -0.2) is 30.2 Å². The molecule has 0 heterocycles. The summed E-state index contributed by atoms with van der Waals surface area (Å²) < 4.78 is 4.90. The van der Waals surface area contributed by atoms with Crippen molar-refractivity contribution in [3.05, 3.63) is 12.7 Å². The van der Waals surface area contributed by atoms with Crippen LogP contribution in [0.25, 0.3) is 0 Å². The van der Waals surface area contributed by atoms with Crippen molar-refractivity contribution < 1.29 is 14.6 Å². The highest BCUT2D eigenvalue weighted by Gasteiger charge is 2.07. The monoisotopic (exact) mass is 158 g/mol. The maximum Gasteiger partial charge on any atom is 0.157 e. The van der Waals surface area contributed by atoms with Gasteiger partial charge in [0, 0.05) is 13.0 Å². The fraction of sp³-hybridized carbons (Fsp3) is 0.625. The van der Waals surface area contributed by atoms with Crippen molar-refractivity contribution in [2.24, 2.45) is 0 Å². The predicted molar refractivity (Wildman–Crippen MR) is 42.3 cm³/mol. The van der Waals surface area contributed by atoms with Crippen LogP contribution in [0.3, 0.4) is 0 Å². The quantitative estimate of drug-likeness (QED) is 0.573. The lowest BCUT2D eigenvalue weighted by molar-refractivity contribution is -0.117. The molecule has 3 heteroatoms. The molecule has 0 aliphatic heterocycles. The van der Waals surface area contributed by atoms with Crippen LogP contribution in [0, 0.1) is 0 Å². The SMILES string of the molecule is C=CC(=O)CC(O)COCC. The Morgan fingerprint density at radius 2 is 2.45 bits per heavy atom. The Morgan fingerprint density at radius 1 is 1.82 bits per heavy atom. The largest absolute Gasteiger partial charge is 0.390 e. The Balaban J connectivity index is 3.43. The van der Waals surface area contributed by atoms with Gasteiger partial charge >= 0.3 is 0 Å². The Kier molecular flexibility index (Phi) is 5.70. The molecular formula is C8H14O3. The van der Waals surface area contributed by atoms with Crippen molar-refractivity contribution in [2.75, 3.05) is 13.2 Å². The highest BCUT2D eigenvalue weighted by atomic mass is 16.5. The van der Waals surface area contributed by atoms with Gasteiger partial charge in [-0.15, -0.1) is 0 Å². The minimum Gasteiger partial charge on any atom is -0.390 e. The van der Waals surface area contributed by atoms with Crippen LogP contribution in [0.4, 0.5) is 0 Å². The van der Waals surface area contributed by atoms with E-state index >= 15 is 0 Å². The highest BCUT2D eigenvalue weighted by molar-refractivity contribution is 5.89. The maximum atomic E-state index is 10.7. The standard InChI is InChI=1S/C8H14O3/c1-3-7(9)5-8(10)6-11-4-2/h3,8,10H,1,4-6H2,2H3. The number of carbonyl (C=O) groups excluding carboxylic acids is 1. The molecule has 0 radical (unpaired) electrons. The zero-order valence-electron chi connectivity index (χ0n) is 6.75. The number of rotatable bonds is 6. The molecule has 64 valence electrons. The van der Waals surface area contributed by atoms with Gasteiger partial charge in [-0.05, 0) is 13.0 Å². The minimum atomic E-state index is -0.694. The number of aliphatic hydroxyl groups is 1. The summed E-state index contributed by atoms with van der Waals surface area (Å²) in [4.78, 5) is 10.7. The van der Waals surface area contributed by atoms with E-state index in [2.05, 4.69) is 6.58 Å². The van der Waals surface area contributed by atoms with Crippen LogP contribution in [0.1, 0.15) is 13.3 Å². The number of allylic oxidation sites excluding steroid dienone is 1. The van der Waals surface area contributed by atoms with Gasteiger partial charge in [-0.3, -0.25) is 4.79 Å². The van der Waals surface area contributed by atoms with Crippen LogP contribution in [0.5, 0.6) is 0 Å². The lowest BCUT2D eigenvalue weighted by Crippen LogP contribution is -2.18. The summed E-state index contributed by atoms with van der Waals surface area (Å²) in [6, 6.07) is 0. The third-order valence-electron chi connectivity index (χ3n) is 1.18. The van der Waals surface area contributed by atoms with Gasteiger partial charge in [0.2, 0.25) is 0 Å². The van der Waals surface area contributed by atoms with Gasteiger partial charge in [-0.1, -0.05) is 6.58 Å². The summed E-state index contributed by atoms with van der Waals surface area (Å²) in [5, 5.41) is 9.09. The van der Waals surface area contributed by atoms with Crippen LogP contribution in [-0.2, 0) is 9.53 Å². The van der Waals surface area contributed by atoms with E-state index in [1.54, 1.807) is 0 Å². The average Bonchev–Trinajstić information content (AvgIpc) is 2.00. The molecule has 1 unspecified atom stereocenters. The number of aliphatic hydroxyl groups excluding tert-OH is 1. The molecule has 0 aliphatic carbocycles. The van der Waals surface area contributed by atoms with E-state index in [0.717, 1.165) is 0 Å². The first-order valence-corrected chi connectivity index (χ1v) is 3.61. The molecule has 0 bridgehead atoms. The molecule has 0 aromatic rings. The number of hydrogen-bond donors (Lipinski definition) is 1. The molecule has 0 spiro atoms. The molecule has 0 amide bonds. The Hall–Kier alpha value is -0.670. The number of carbonyl (C=O) groups is 1. The topological polar surface area (TPSA) is 46.5 Å². The Bertz CT molecular complexity index is 131. The first-order valence-electron chi connectivity index (χ1n) is 3.61.